The van der Waals surface area contributed by atoms with Gasteiger partial charge in [-0.05, 0) is 147 Å². The minimum Gasteiger partial charge on any atom is -0.456 e. The third-order valence-corrected chi connectivity index (χ3v) is 12.6. The van der Waals surface area contributed by atoms with Gasteiger partial charge < -0.3 is 4.42 Å². The van der Waals surface area contributed by atoms with Crippen molar-refractivity contribution in [3.8, 4) is 44.5 Å². The van der Waals surface area contributed by atoms with Gasteiger partial charge in [0.15, 0.2) is 0 Å². The molecule has 1 heterocycles. The lowest BCUT2D eigenvalue weighted by Gasteiger charge is -2.22. The molecule has 0 fully saturated rings. The van der Waals surface area contributed by atoms with Crippen molar-refractivity contribution in [2.75, 3.05) is 0 Å². The summed E-state index contributed by atoms with van der Waals surface area (Å²) in [5, 5.41) is 12.4. The van der Waals surface area contributed by atoms with Gasteiger partial charge >= 0.3 is 0 Å². The van der Waals surface area contributed by atoms with Gasteiger partial charge in [0.2, 0.25) is 0 Å². The predicted octanol–water partition coefficient (Wildman–Crippen LogP) is 15.5. The molecule has 11 aromatic rings. The summed E-state index contributed by atoms with van der Waals surface area (Å²) in [6.07, 6.45) is 0. The molecular weight excluding hydrogens is 677 g/mol. The van der Waals surface area contributed by atoms with Crippen molar-refractivity contribution in [2.24, 2.45) is 0 Å². The average Bonchev–Trinajstić information content (AvgIpc) is 3.71. The Balaban J connectivity index is 1.04. The SMILES string of the molecule is CC1(C)c2ccc(-c3c4ccccc4c(-c4ccc5cc(-c6ccccc6)ccc5c4)c4ccccc34)cc2-c2cc3cc4oc5ccccc5c4cc3cc21. The molecule has 0 spiro atoms. The van der Waals surface area contributed by atoms with Crippen LogP contribution >= 0.6 is 0 Å². The summed E-state index contributed by atoms with van der Waals surface area (Å²) in [4.78, 5) is 0. The van der Waals surface area contributed by atoms with Crippen LogP contribution in [0, 0.1) is 0 Å². The van der Waals surface area contributed by atoms with Crippen molar-refractivity contribution in [1.82, 2.24) is 0 Å². The first-order valence-corrected chi connectivity index (χ1v) is 19.6. The third-order valence-electron chi connectivity index (χ3n) is 12.6. The van der Waals surface area contributed by atoms with Gasteiger partial charge in [-0.15, -0.1) is 0 Å². The molecule has 1 nitrogen and oxygen atoms in total. The Kier molecular flexibility index (Phi) is 6.46. The van der Waals surface area contributed by atoms with Crippen LogP contribution in [0.15, 0.2) is 186 Å². The maximum absolute atomic E-state index is 6.33. The smallest absolute Gasteiger partial charge is 0.136 e. The van der Waals surface area contributed by atoms with Crippen LogP contribution < -0.4 is 0 Å². The van der Waals surface area contributed by atoms with E-state index in [1.165, 1.54) is 109 Å². The zero-order chi connectivity index (χ0) is 37.1. The number of rotatable bonds is 3. The second kappa shape index (κ2) is 11.5. The lowest BCUT2D eigenvalue weighted by Crippen LogP contribution is -2.14. The maximum atomic E-state index is 6.33. The van der Waals surface area contributed by atoms with Crippen LogP contribution in [0.5, 0.6) is 0 Å². The fourth-order valence-electron chi connectivity index (χ4n) is 9.83. The molecular formula is C55H36O. The van der Waals surface area contributed by atoms with Crippen molar-refractivity contribution >= 4 is 65.0 Å². The highest BCUT2D eigenvalue weighted by atomic mass is 16.3. The van der Waals surface area contributed by atoms with Crippen molar-refractivity contribution < 1.29 is 4.42 Å². The van der Waals surface area contributed by atoms with Crippen molar-refractivity contribution in [1.29, 1.82) is 0 Å². The zero-order valence-electron chi connectivity index (χ0n) is 31.2. The van der Waals surface area contributed by atoms with Crippen molar-refractivity contribution in [3.05, 3.63) is 193 Å². The number of furan rings is 1. The Morgan fingerprint density at radius 2 is 0.857 bits per heavy atom. The quantitative estimate of drug-likeness (QED) is 0.166. The van der Waals surface area contributed by atoms with E-state index >= 15 is 0 Å². The van der Waals surface area contributed by atoms with E-state index in [1.807, 2.05) is 6.07 Å². The van der Waals surface area contributed by atoms with Gasteiger partial charge in [0.05, 0.1) is 0 Å². The molecule has 56 heavy (non-hydrogen) atoms. The normalized spacial score (nSPS) is 13.3. The standard InChI is InChI=1S/C55H36O/c1-55(2)49-25-24-38(28-46(49)47-29-40-32-52-48(30-39(40)31-50(47)55)41-14-10-11-19-51(41)56-52)54-44-17-8-6-15-42(44)53(43-16-7-9-18-45(43)54)37-23-22-35-26-34(20-21-36(35)27-37)33-12-4-3-5-13-33/h3-32H,1-2H3. The number of benzene rings is 10. The molecule has 0 atom stereocenters. The molecule has 1 aliphatic rings. The van der Waals surface area contributed by atoms with E-state index < -0.39 is 0 Å². The van der Waals surface area contributed by atoms with E-state index in [0.717, 1.165) is 11.2 Å². The summed E-state index contributed by atoms with van der Waals surface area (Å²) in [6, 6.07) is 67.3. The molecule has 0 N–H and O–H groups in total. The molecule has 0 unspecified atom stereocenters. The first kappa shape index (κ1) is 31.4. The summed E-state index contributed by atoms with van der Waals surface area (Å²) in [5.41, 5.74) is 14.6. The average molecular weight is 713 g/mol. The molecule has 12 rings (SSSR count). The molecule has 1 aromatic heterocycles. The highest BCUT2D eigenvalue weighted by Crippen LogP contribution is 2.53. The Morgan fingerprint density at radius 3 is 1.55 bits per heavy atom. The first-order valence-electron chi connectivity index (χ1n) is 19.6. The second-order valence-electron chi connectivity index (χ2n) is 16.1. The Labute approximate surface area is 325 Å². The molecule has 0 saturated carbocycles. The maximum Gasteiger partial charge on any atom is 0.136 e. The van der Waals surface area contributed by atoms with Gasteiger partial charge in [0.1, 0.15) is 11.2 Å². The Morgan fingerprint density at radius 1 is 0.321 bits per heavy atom. The van der Waals surface area contributed by atoms with Gasteiger partial charge in [0.25, 0.3) is 0 Å². The van der Waals surface area contributed by atoms with Crippen LogP contribution in [0.2, 0.25) is 0 Å². The molecule has 0 aliphatic heterocycles. The zero-order valence-corrected chi connectivity index (χ0v) is 31.2. The number of hydrogen-bond donors (Lipinski definition) is 0. The van der Waals surface area contributed by atoms with E-state index in [0.29, 0.717) is 0 Å². The molecule has 1 aliphatic carbocycles. The van der Waals surface area contributed by atoms with Gasteiger partial charge in [-0.1, -0.05) is 147 Å². The van der Waals surface area contributed by atoms with Crippen LogP contribution in [-0.2, 0) is 5.41 Å². The van der Waals surface area contributed by atoms with Crippen molar-refractivity contribution in [3.63, 3.8) is 0 Å². The summed E-state index contributed by atoms with van der Waals surface area (Å²) in [5.74, 6) is 0. The summed E-state index contributed by atoms with van der Waals surface area (Å²) in [6.45, 7) is 4.75. The van der Waals surface area contributed by atoms with E-state index in [4.69, 9.17) is 4.42 Å². The van der Waals surface area contributed by atoms with Gasteiger partial charge in [-0.3, -0.25) is 0 Å². The number of para-hydroxylation sites is 1. The number of hydrogen-bond acceptors (Lipinski definition) is 1. The van der Waals surface area contributed by atoms with Crippen LogP contribution in [0.4, 0.5) is 0 Å². The largest absolute Gasteiger partial charge is 0.456 e. The topological polar surface area (TPSA) is 13.1 Å². The van der Waals surface area contributed by atoms with E-state index in [-0.39, 0.29) is 5.41 Å². The lowest BCUT2D eigenvalue weighted by molar-refractivity contribution is 0.661. The highest BCUT2D eigenvalue weighted by Gasteiger charge is 2.36. The van der Waals surface area contributed by atoms with Crippen molar-refractivity contribution in [2.45, 2.75) is 19.3 Å². The third kappa shape index (κ3) is 4.49. The molecule has 0 saturated heterocycles. The van der Waals surface area contributed by atoms with Gasteiger partial charge in [0, 0.05) is 16.2 Å². The molecule has 10 aromatic carbocycles. The fraction of sp³-hybridized carbons (Fsp3) is 0.0545. The second-order valence-corrected chi connectivity index (χ2v) is 16.1. The Hall–Kier alpha value is -6.96. The molecule has 1 heteroatoms. The molecule has 262 valence electrons. The van der Waals surface area contributed by atoms with E-state index in [9.17, 15) is 0 Å². The minimum atomic E-state index is -0.128. The van der Waals surface area contributed by atoms with Gasteiger partial charge in [-0.2, -0.15) is 0 Å². The monoisotopic (exact) mass is 712 g/mol. The lowest BCUT2D eigenvalue weighted by atomic mass is 9.81. The predicted molar refractivity (Wildman–Crippen MR) is 238 cm³/mol. The van der Waals surface area contributed by atoms with Crippen LogP contribution in [0.3, 0.4) is 0 Å². The minimum absolute atomic E-state index is 0.128. The molecule has 0 radical (unpaired) electrons. The van der Waals surface area contributed by atoms with E-state index in [2.05, 4.69) is 190 Å². The molecule has 0 bridgehead atoms. The molecule has 0 amide bonds. The Bertz CT molecular complexity index is 3380. The summed E-state index contributed by atoms with van der Waals surface area (Å²) >= 11 is 0. The van der Waals surface area contributed by atoms with Crippen LogP contribution in [0.25, 0.3) is 110 Å². The first-order chi connectivity index (χ1) is 27.5. The van der Waals surface area contributed by atoms with Gasteiger partial charge in [-0.25, -0.2) is 0 Å². The highest BCUT2D eigenvalue weighted by molar-refractivity contribution is 6.22. The van der Waals surface area contributed by atoms with Crippen LogP contribution in [-0.4, -0.2) is 0 Å². The summed E-state index contributed by atoms with van der Waals surface area (Å²) in [7, 11) is 0. The number of fused-ring (bicyclic) bond motifs is 10. The van der Waals surface area contributed by atoms with Crippen LogP contribution in [0.1, 0.15) is 25.0 Å². The fourth-order valence-corrected chi connectivity index (χ4v) is 9.83. The summed E-state index contributed by atoms with van der Waals surface area (Å²) < 4.78 is 6.33. The van der Waals surface area contributed by atoms with E-state index in [1.54, 1.807) is 0 Å².